The molecule has 0 spiro atoms. The zero-order valence-corrected chi connectivity index (χ0v) is 13.6. The summed E-state index contributed by atoms with van der Waals surface area (Å²) in [4.78, 5) is 33.3. The summed E-state index contributed by atoms with van der Waals surface area (Å²) in [6.07, 6.45) is 8.71. The van der Waals surface area contributed by atoms with Crippen molar-refractivity contribution in [2.75, 3.05) is 26.2 Å². The lowest BCUT2D eigenvalue weighted by molar-refractivity contribution is 0.0945. The van der Waals surface area contributed by atoms with Crippen LogP contribution in [-0.2, 0) is 0 Å². The number of aromatic nitrogens is 2. The van der Waals surface area contributed by atoms with E-state index in [0.717, 1.165) is 30.8 Å². The van der Waals surface area contributed by atoms with E-state index in [2.05, 4.69) is 20.2 Å². The fourth-order valence-corrected chi connectivity index (χ4v) is 2.97. The highest BCUT2D eigenvalue weighted by Crippen LogP contribution is 2.16. The van der Waals surface area contributed by atoms with Crippen LogP contribution < -0.4 is 10.9 Å². The van der Waals surface area contributed by atoms with Crippen LogP contribution in [0.4, 0.5) is 0 Å². The number of H-pyrrole nitrogens is 1. The van der Waals surface area contributed by atoms with Crippen molar-refractivity contribution in [3.05, 3.63) is 52.7 Å². The lowest BCUT2D eigenvalue weighted by Crippen LogP contribution is -2.38. The number of carbonyl (C=O) groups excluding carboxylic acids is 1. The Balaban J connectivity index is 1.64. The topological polar surface area (TPSA) is 78.1 Å². The fraction of sp³-hybridized carbons (Fsp3) is 0.389. The number of rotatable bonds is 5. The van der Waals surface area contributed by atoms with Crippen LogP contribution in [0.2, 0.25) is 0 Å². The Labute approximate surface area is 140 Å². The third-order valence-electron chi connectivity index (χ3n) is 4.32. The van der Waals surface area contributed by atoms with Crippen molar-refractivity contribution in [3.8, 4) is 11.1 Å². The molecule has 3 heterocycles. The van der Waals surface area contributed by atoms with Gasteiger partial charge in [-0.1, -0.05) is 6.42 Å². The van der Waals surface area contributed by atoms with E-state index in [1.54, 1.807) is 24.7 Å². The van der Waals surface area contributed by atoms with Crippen molar-refractivity contribution in [1.82, 2.24) is 20.2 Å². The van der Waals surface area contributed by atoms with Crippen molar-refractivity contribution in [2.45, 2.75) is 19.3 Å². The van der Waals surface area contributed by atoms with Gasteiger partial charge in [-0.05, 0) is 55.3 Å². The largest absolute Gasteiger partial charge is 0.351 e. The number of nitrogens with zero attached hydrogens (tertiary/aromatic N) is 2. The smallest absolute Gasteiger partial charge is 0.260 e. The highest BCUT2D eigenvalue weighted by Gasteiger charge is 2.13. The van der Waals surface area contributed by atoms with Gasteiger partial charge in [-0.25, -0.2) is 0 Å². The van der Waals surface area contributed by atoms with Gasteiger partial charge in [-0.2, -0.15) is 0 Å². The number of aromatic amines is 1. The molecule has 0 unspecified atom stereocenters. The standard InChI is InChI=1S/C18H22N4O2/c23-17(20-8-11-22-9-2-1-3-10-22)16-12-15(13-21-18(16)24)14-4-6-19-7-5-14/h4-7,12-13H,1-3,8-11H2,(H,20,23)(H,21,24). The molecule has 1 amide bonds. The third kappa shape index (κ3) is 4.08. The average Bonchev–Trinajstić information content (AvgIpc) is 2.63. The van der Waals surface area contributed by atoms with Crippen LogP contribution >= 0.6 is 0 Å². The molecule has 0 saturated carbocycles. The molecule has 2 aromatic rings. The molecule has 0 aliphatic carbocycles. The second-order valence-corrected chi connectivity index (χ2v) is 6.03. The number of carbonyl (C=O) groups is 1. The van der Waals surface area contributed by atoms with Crippen LogP contribution in [0, 0.1) is 0 Å². The minimum atomic E-state index is -0.372. The van der Waals surface area contributed by atoms with Gasteiger partial charge in [0.15, 0.2) is 0 Å². The monoisotopic (exact) mass is 326 g/mol. The van der Waals surface area contributed by atoms with E-state index in [4.69, 9.17) is 0 Å². The summed E-state index contributed by atoms with van der Waals surface area (Å²) < 4.78 is 0. The predicted octanol–water partition coefficient (Wildman–Crippen LogP) is 1.65. The predicted molar refractivity (Wildman–Crippen MR) is 92.9 cm³/mol. The van der Waals surface area contributed by atoms with Crippen LogP contribution in [0.1, 0.15) is 29.6 Å². The maximum Gasteiger partial charge on any atom is 0.260 e. The fourth-order valence-electron chi connectivity index (χ4n) is 2.97. The molecule has 3 rings (SSSR count). The molecule has 0 radical (unpaired) electrons. The summed E-state index contributed by atoms with van der Waals surface area (Å²) >= 11 is 0. The summed E-state index contributed by atoms with van der Waals surface area (Å²) in [5.41, 5.74) is 1.47. The van der Waals surface area contributed by atoms with Crippen molar-refractivity contribution in [1.29, 1.82) is 0 Å². The number of hydrogen-bond donors (Lipinski definition) is 2. The Morgan fingerprint density at radius 3 is 2.67 bits per heavy atom. The van der Waals surface area contributed by atoms with Gasteiger partial charge in [0.1, 0.15) is 5.56 Å². The van der Waals surface area contributed by atoms with Gasteiger partial charge >= 0.3 is 0 Å². The van der Waals surface area contributed by atoms with Gasteiger partial charge in [0.25, 0.3) is 11.5 Å². The van der Waals surface area contributed by atoms with Gasteiger partial charge in [0.2, 0.25) is 0 Å². The first kappa shape index (κ1) is 16.4. The summed E-state index contributed by atoms with van der Waals surface area (Å²) in [6.45, 7) is 3.56. The van der Waals surface area contributed by atoms with E-state index in [1.165, 1.54) is 19.3 Å². The third-order valence-corrected chi connectivity index (χ3v) is 4.32. The van der Waals surface area contributed by atoms with Crippen LogP contribution in [0.15, 0.2) is 41.6 Å². The average molecular weight is 326 g/mol. The van der Waals surface area contributed by atoms with E-state index >= 15 is 0 Å². The maximum absolute atomic E-state index is 12.3. The van der Waals surface area contributed by atoms with Crippen LogP contribution in [0.25, 0.3) is 11.1 Å². The molecule has 6 nitrogen and oxygen atoms in total. The molecular formula is C18H22N4O2. The van der Waals surface area contributed by atoms with E-state index in [9.17, 15) is 9.59 Å². The zero-order chi connectivity index (χ0) is 16.8. The minimum absolute atomic E-state index is 0.142. The van der Waals surface area contributed by atoms with Crippen molar-refractivity contribution in [2.24, 2.45) is 0 Å². The molecule has 1 saturated heterocycles. The zero-order valence-electron chi connectivity index (χ0n) is 13.6. The van der Waals surface area contributed by atoms with Crippen molar-refractivity contribution in [3.63, 3.8) is 0 Å². The normalized spacial score (nSPS) is 15.2. The molecule has 6 heteroatoms. The first-order chi connectivity index (χ1) is 11.7. The molecule has 0 aromatic carbocycles. The van der Waals surface area contributed by atoms with Gasteiger partial charge in [-0.15, -0.1) is 0 Å². The lowest BCUT2D eigenvalue weighted by atomic mass is 10.1. The Hall–Kier alpha value is -2.47. The van der Waals surface area contributed by atoms with Crippen molar-refractivity contribution >= 4 is 5.91 Å². The molecule has 24 heavy (non-hydrogen) atoms. The molecule has 1 aliphatic heterocycles. The quantitative estimate of drug-likeness (QED) is 0.876. The van der Waals surface area contributed by atoms with Crippen molar-refractivity contribution < 1.29 is 4.79 Å². The molecule has 0 bridgehead atoms. The summed E-state index contributed by atoms with van der Waals surface area (Å²) in [6, 6.07) is 5.31. The molecule has 0 atom stereocenters. The van der Waals surface area contributed by atoms with E-state index < -0.39 is 0 Å². The second kappa shape index (κ2) is 7.88. The second-order valence-electron chi connectivity index (χ2n) is 6.03. The van der Waals surface area contributed by atoms with E-state index in [1.807, 2.05) is 12.1 Å². The van der Waals surface area contributed by atoms with Gasteiger partial charge in [-0.3, -0.25) is 14.6 Å². The number of piperidine rings is 1. The molecular weight excluding hydrogens is 304 g/mol. The molecule has 2 N–H and O–H groups in total. The first-order valence-electron chi connectivity index (χ1n) is 8.38. The molecule has 1 aliphatic rings. The highest BCUT2D eigenvalue weighted by atomic mass is 16.2. The lowest BCUT2D eigenvalue weighted by Gasteiger charge is -2.26. The maximum atomic E-state index is 12.3. The molecule has 126 valence electrons. The highest BCUT2D eigenvalue weighted by molar-refractivity contribution is 5.94. The number of pyridine rings is 2. The Bertz CT molecular complexity index is 736. The Kier molecular flexibility index (Phi) is 5.38. The summed E-state index contributed by atoms with van der Waals surface area (Å²) in [5, 5.41) is 2.85. The first-order valence-corrected chi connectivity index (χ1v) is 8.38. The number of hydrogen-bond acceptors (Lipinski definition) is 4. The minimum Gasteiger partial charge on any atom is -0.351 e. The molecule has 2 aromatic heterocycles. The van der Waals surface area contributed by atoms with Crippen LogP contribution in [0.3, 0.4) is 0 Å². The van der Waals surface area contributed by atoms with E-state index in [0.29, 0.717) is 6.54 Å². The van der Waals surface area contributed by atoms with Crippen LogP contribution in [0.5, 0.6) is 0 Å². The SMILES string of the molecule is O=C(NCCN1CCCCC1)c1cc(-c2ccncc2)c[nH]c1=O. The number of likely N-dealkylation sites (tertiary alicyclic amines) is 1. The van der Waals surface area contributed by atoms with Gasteiger partial charge < -0.3 is 15.2 Å². The Morgan fingerprint density at radius 1 is 1.17 bits per heavy atom. The van der Waals surface area contributed by atoms with Gasteiger partial charge in [0.05, 0.1) is 0 Å². The number of nitrogens with one attached hydrogen (secondary N) is 2. The summed E-state index contributed by atoms with van der Waals surface area (Å²) in [7, 11) is 0. The van der Waals surface area contributed by atoms with Gasteiger partial charge in [0, 0.05) is 31.7 Å². The molecule has 1 fully saturated rings. The Morgan fingerprint density at radius 2 is 1.92 bits per heavy atom. The van der Waals surface area contributed by atoms with Crippen LogP contribution in [-0.4, -0.2) is 47.0 Å². The van der Waals surface area contributed by atoms with E-state index in [-0.39, 0.29) is 17.0 Å². The summed E-state index contributed by atoms with van der Waals surface area (Å²) in [5.74, 6) is -0.329. The number of amides is 1.